The Bertz CT molecular complexity index is 552. The van der Waals surface area contributed by atoms with Gasteiger partial charge in [0.2, 0.25) is 0 Å². The van der Waals surface area contributed by atoms with Gasteiger partial charge < -0.3 is 0 Å². The third kappa shape index (κ3) is 1.95. The third-order valence-corrected chi connectivity index (χ3v) is 3.81. The fourth-order valence-corrected chi connectivity index (χ4v) is 2.81. The molecule has 0 fully saturated rings. The molecular weight excluding hydrogens is 344 g/mol. The number of rotatable bonds is 0. The molecule has 0 aliphatic rings. The molecule has 1 aromatic carbocycles. The summed E-state index contributed by atoms with van der Waals surface area (Å²) in [5.74, 6) is 0. The average Bonchev–Trinajstić information content (AvgIpc) is 2.17. The van der Waals surface area contributed by atoms with Gasteiger partial charge in [0.1, 0.15) is 0 Å². The molecule has 0 saturated carbocycles. The summed E-state index contributed by atoms with van der Waals surface area (Å²) in [7, 11) is 0. The van der Waals surface area contributed by atoms with Crippen LogP contribution < -0.4 is 0 Å². The molecule has 2 aromatic rings. The van der Waals surface area contributed by atoms with Crippen LogP contribution in [-0.2, 0) is 0 Å². The molecule has 1 heterocycles. The highest BCUT2D eigenvalue weighted by atomic mass is 127. The van der Waals surface area contributed by atoms with Gasteiger partial charge in [-0.15, -0.1) is 0 Å². The van der Waals surface area contributed by atoms with Crippen molar-refractivity contribution >= 4 is 56.7 Å². The highest BCUT2D eigenvalue weighted by Gasteiger charge is 2.10. The molecular formula is C11H8Cl2IN. The predicted molar refractivity (Wildman–Crippen MR) is 74.0 cm³/mol. The van der Waals surface area contributed by atoms with Gasteiger partial charge in [-0.25, -0.2) is 0 Å². The largest absolute Gasteiger partial charge is 0.251 e. The second-order valence-electron chi connectivity index (χ2n) is 3.42. The van der Waals surface area contributed by atoms with E-state index in [1.807, 2.05) is 26.0 Å². The number of aromatic nitrogens is 1. The van der Waals surface area contributed by atoms with Crippen molar-refractivity contribution < 1.29 is 0 Å². The second kappa shape index (κ2) is 4.07. The van der Waals surface area contributed by atoms with Crippen LogP contribution in [0.3, 0.4) is 0 Å². The van der Waals surface area contributed by atoms with Gasteiger partial charge in [-0.1, -0.05) is 23.2 Å². The van der Waals surface area contributed by atoms with E-state index in [-0.39, 0.29) is 0 Å². The maximum atomic E-state index is 6.27. The SMILES string of the molecule is Cc1nc2c(Cl)cc(I)cc2c(Cl)c1C. The summed E-state index contributed by atoms with van der Waals surface area (Å²) >= 11 is 14.6. The monoisotopic (exact) mass is 351 g/mol. The third-order valence-electron chi connectivity index (χ3n) is 2.42. The molecule has 1 nitrogen and oxygen atoms in total. The number of fused-ring (bicyclic) bond motifs is 1. The Balaban J connectivity index is 2.98. The lowest BCUT2D eigenvalue weighted by molar-refractivity contribution is 1.20. The van der Waals surface area contributed by atoms with Crippen molar-refractivity contribution in [2.24, 2.45) is 0 Å². The van der Waals surface area contributed by atoms with E-state index in [0.717, 1.165) is 30.8 Å². The van der Waals surface area contributed by atoms with Crippen LogP contribution >= 0.6 is 45.8 Å². The molecule has 0 amide bonds. The van der Waals surface area contributed by atoms with Gasteiger partial charge >= 0.3 is 0 Å². The smallest absolute Gasteiger partial charge is 0.0907 e. The highest BCUT2D eigenvalue weighted by molar-refractivity contribution is 14.1. The first-order chi connectivity index (χ1) is 7.00. The lowest BCUT2D eigenvalue weighted by atomic mass is 10.1. The van der Waals surface area contributed by atoms with Crippen molar-refractivity contribution in [1.29, 1.82) is 0 Å². The summed E-state index contributed by atoms with van der Waals surface area (Å²) in [6.07, 6.45) is 0. The molecule has 0 atom stereocenters. The van der Waals surface area contributed by atoms with Gasteiger partial charge in [-0.3, -0.25) is 4.98 Å². The van der Waals surface area contributed by atoms with Crippen molar-refractivity contribution in [2.75, 3.05) is 0 Å². The number of pyridine rings is 1. The number of hydrogen-bond donors (Lipinski definition) is 0. The van der Waals surface area contributed by atoms with Crippen LogP contribution in [0.5, 0.6) is 0 Å². The Morgan fingerprint density at radius 3 is 2.53 bits per heavy atom. The first-order valence-electron chi connectivity index (χ1n) is 4.42. The van der Waals surface area contributed by atoms with Crippen LogP contribution in [0, 0.1) is 17.4 Å². The zero-order chi connectivity index (χ0) is 11.2. The van der Waals surface area contributed by atoms with E-state index in [0.29, 0.717) is 5.02 Å². The molecule has 0 spiro atoms. The van der Waals surface area contributed by atoms with E-state index in [1.165, 1.54) is 0 Å². The van der Waals surface area contributed by atoms with Crippen LogP contribution in [0.2, 0.25) is 10.0 Å². The number of hydrogen-bond acceptors (Lipinski definition) is 1. The van der Waals surface area contributed by atoms with Gasteiger partial charge in [0.05, 0.1) is 15.6 Å². The van der Waals surface area contributed by atoms with E-state index >= 15 is 0 Å². The zero-order valence-corrected chi connectivity index (χ0v) is 11.9. The second-order valence-corrected chi connectivity index (χ2v) is 5.45. The van der Waals surface area contributed by atoms with Crippen LogP contribution in [0.1, 0.15) is 11.3 Å². The number of aryl methyl sites for hydroxylation is 1. The zero-order valence-electron chi connectivity index (χ0n) is 8.24. The van der Waals surface area contributed by atoms with Crippen molar-refractivity contribution in [3.05, 3.63) is 37.0 Å². The minimum absolute atomic E-state index is 0.655. The maximum Gasteiger partial charge on any atom is 0.0907 e. The van der Waals surface area contributed by atoms with E-state index in [9.17, 15) is 0 Å². The van der Waals surface area contributed by atoms with Crippen LogP contribution in [0.15, 0.2) is 12.1 Å². The van der Waals surface area contributed by atoms with E-state index in [2.05, 4.69) is 27.6 Å². The van der Waals surface area contributed by atoms with E-state index < -0.39 is 0 Å². The average molecular weight is 352 g/mol. The molecule has 1 aromatic heterocycles. The maximum absolute atomic E-state index is 6.27. The Morgan fingerprint density at radius 2 is 1.87 bits per heavy atom. The Hall–Kier alpha value is -0.0600. The predicted octanol–water partition coefficient (Wildman–Crippen LogP) is 4.76. The summed E-state index contributed by atoms with van der Waals surface area (Å²) in [5, 5.41) is 2.33. The summed E-state index contributed by atoms with van der Waals surface area (Å²) in [6.45, 7) is 3.91. The normalized spacial score (nSPS) is 11.0. The van der Waals surface area contributed by atoms with Crippen molar-refractivity contribution in [3.8, 4) is 0 Å². The standard InChI is InChI=1S/C11H8Cl2IN/c1-5-6(2)15-11-8(10(5)13)3-7(14)4-9(11)12/h3-4H,1-2H3. The molecule has 4 heteroatoms. The van der Waals surface area contributed by atoms with Gasteiger partial charge in [0.15, 0.2) is 0 Å². The molecule has 0 radical (unpaired) electrons. The molecule has 0 aliphatic heterocycles. The van der Waals surface area contributed by atoms with Gasteiger partial charge in [0.25, 0.3) is 0 Å². The number of halogens is 3. The van der Waals surface area contributed by atoms with E-state index in [4.69, 9.17) is 23.2 Å². The minimum atomic E-state index is 0.655. The molecule has 0 bridgehead atoms. The Labute approximate surface area is 112 Å². The van der Waals surface area contributed by atoms with E-state index in [1.54, 1.807) is 0 Å². The van der Waals surface area contributed by atoms with Crippen molar-refractivity contribution in [3.63, 3.8) is 0 Å². The van der Waals surface area contributed by atoms with Crippen LogP contribution in [0.25, 0.3) is 10.9 Å². The summed E-state index contributed by atoms with van der Waals surface area (Å²) in [6, 6.07) is 3.89. The lowest BCUT2D eigenvalue weighted by Gasteiger charge is -2.08. The molecule has 0 unspecified atom stereocenters. The van der Waals surface area contributed by atoms with Gasteiger partial charge in [0, 0.05) is 14.7 Å². The quantitative estimate of drug-likeness (QED) is 0.623. The topological polar surface area (TPSA) is 12.9 Å². The Morgan fingerprint density at radius 1 is 1.20 bits per heavy atom. The molecule has 15 heavy (non-hydrogen) atoms. The molecule has 2 rings (SSSR count). The molecule has 0 aliphatic carbocycles. The summed E-state index contributed by atoms with van der Waals surface area (Å²) < 4.78 is 1.07. The lowest BCUT2D eigenvalue weighted by Crippen LogP contribution is -1.92. The van der Waals surface area contributed by atoms with Gasteiger partial charge in [-0.2, -0.15) is 0 Å². The summed E-state index contributed by atoms with van der Waals surface area (Å²) in [4.78, 5) is 4.46. The fourth-order valence-electron chi connectivity index (χ4n) is 1.46. The van der Waals surface area contributed by atoms with Gasteiger partial charge in [-0.05, 0) is 54.1 Å². The molecule has 0 saturated heterocycles. The Kier molecular flexibility index (Phi) is 3.10. The first kappa shape index (κ1) is 11.4. The number of nitrogens with zero attached hydrogens (tertiary/aromatic N) is 1. The highest BCUT2D eigenvalue weighted by Crippen LogP contribution is 2.32. The summed E-state index contributed by atoms with van der Waals surface area (Å²) in [5.41, 5.74) is 2.73. The molecule has 0 N–H and O–H groups in total. The minimum Gasteiger partial charge on any atom is -0.251 e. The van der Waals surface area contributed by atoms with Crippen LogP contribution in [-0.4, -0.2) is 4.98 Å². The van der Waals surface area contributed by atoms with Crippen molar-refractivity contribution in [2.45, 2.75) is 13.8 Å². The fraction of sp³-hybridized carbons (Fsp3) is 0.182. The van der Waals surface area contributed by atoms with Crippen LogP contribution in [0.4, 0.5) is 0 Å². The van der Waals surface area contributed by atoms with Crippen molar-refractivity contribution in [1.82, 2.24) is 4.98 Å². The number of benzene rings is 1. The first-order valence-corrected chi connectivity index (χ1v) is 6.25. The molecule has 78 valence electrons.